The third-order valence-corrected chi connectivity index (χ3v) is 1.81. The number of primary amides is 1. The molecule has 1 heterocycles. The van der Waals surface area contributed by atoms with Crippen molar-refractivity contribution in [3.05, 3.63) is 24.0 Å². The van der Waals surface area contributed by atoms with Gasteiger partial charge in [-0.2, -0.15) is 0 Å². The quantitative estimate of drug-likeness (QED) is 0.492. The van der Waals surface area contributed by atoms with Crippen LogP contribution in [0.5, 0.6) is 0 Å². The van der Waals surface area contributed by atoms with Crippen molar-refractivity contribution in [1.29, 1.82) is 0 Å². The molecule has 3 amide bonds. The largest absolute Gasteiger partial charge is 0.397 e. The first-order valence-electron chi connectivity index (χ1n) is 4.62. The molecule has 16 heavy (non-hydrogen) atoms. The van der Waals surface area contributed by atoms with E-state index in [4.69, 9.17) is 11.5 Å². The summed E-state index contributed by atoms with van der Waals surface area (Å²) in [5, 5.41) is 4.93. The molecule has 0 bridgehead atoms. The van der Waals surface area contributed by atoms with Gasteiger partial charge < -0.3 is 22.1 Å². The van der Waals surface area contributed by atoms with E-state index in [-0.39, 0.29) is 19.0 Å². The molecule has 7 heteroatoms. The Hall–Kier alpha value is -2.31. The van der Waals surface area contributed by atoms with Crippen molar-refractivity contribution in [2.45, 2.75) is 0 Å². The lowest BCUT2D eigenvalue weighted by atomic mass is 10.2. The number of amides is 3. The maximum atomic E-state index is 11.5. The van der Waals surface area contributed by atoms with E-state index in [0.29, 0.717) is 11.3 Å². The third kappa shape index (κ3) is 3.45. The van der Waals surface area contributed by atoms with Gasteiger partial charge in [0.05, 0.1) is 17.4 Å². The highest BCUT2D eigenvalue weighted by Gasteiger charge is 2.07. The number of nitrogen functional groups attached to an aromatic ring is 1. The van der Waals surface area contributed by atoms with Crippen molar-refractivity contribution < 1.29 is 9.59 Å². The number of nitrogens with one attached hydrogen (secondary N) is 2. The number of anilines is 1. The molecule has 0 saturated heterocycles. The Kier molecular flexibility index (Phi) is 4.07. The highest BCUT2D eigenvalue weighted by atomic mass is 16.2. The van der Waals surface area contributed by atoms with E-state index in [1.54, 1.807) is 0 Å². The first-order chi connectivity index (χ1) is 7.61. The van der Waals surface area contributed by atoms with Crippen molar-refractivity contribution in [1.82, 2.24) is 15.6 Å². The Morgan fingerprint density at radius 1 is 1.31 bits per heavy atom. The summed E-state index contributed by atoms with van der Waals surface area (Å²) in [6.07, 6.45) is 2.88. The molecule has 0 spiro atoms. The van der Waals surface area contributed by atoms with E-state index in [9.17, 15) is 9.59 Å². The van der Waals surface area contributed by atoms with Crippen LogP contribution >= 0.6 is 0 Å². The molecule has 0 fully saturated rings. The van der Waals surface area contributed by atoms with Crippen molar-refractivity contribution in [3.8, 4) is 0 Å². The van der Waals surface area contributed by atoms with Crippen molar-refractivity contribution in [2.75, 3.05) is 18.8 Å². The molecule has 0 unspecified atom stereocenters. The zero-order chi connectivity index (χ0) is 12.0. The highest BCUT2D eigenvalue weighted by molar-refractivity contribution is 5.98. The molecule has 0 saturated carbocycles. The second kappa shape index (κ2) is 5.54. The summed E-state index contributed by atoms with van der Waals surface area (Å²) in [5.41, 5.74) is 11.1. The lowest BCUT2D eigenvalue weighted by molar-refractivity contribution is 0.0954. The maximum absolute atomic E-state index is 11.5. The van der Waals surface area contributed by atoms with Crippen molar-refractivity contribution >= 4 is 17.6 Å². The molecule has 1 aromatic rings. The van der Waals surface area contributed by atoms with E-state index in [0.717, 1.165) is 0 Å². The molecule has 0 aliphatic heterocycles. The summed E-state index contributed by atoms with van der Waals surface area (Å²) in [7, 11) is 0. The summed E-state index contributed by atoms with van der Waals surface area (Å²) in [5.74, 6) is -0.314. The first-order valence-corrected chi connectivity index (χ1v) is 4.62. The van der Waals surface area contributed by atoms with Gasteiger partial charge >= 0.3 is 6.03 Å². The van der Waals surface area contributed by atoms with Crippen LogP contribution in [0, 0.1) is 0 Å². The zero-order valence-corrected chi connectivity index (χ0v) is 8.56. The van der Waals surface area contributed by atoms with Crippen LogP contribution in [0.2, 0.25) is 0 Å². The molecule has 0 atom stereocenters. The molecule has 0 radical (unpaired) electrons. The number of hydrogen-bond donors (Lipinski definition) is 4. The summed E-state index contributed by atoms with van der Waals surface area (Å²) in [6, 6.07) is 0.893. The summed E-state index contributed by atoms with van der Waals surface area (Å²) >= 11 is 0. The fraction of sp³-hybridized carbons (Fsp3) is 0.222. The van der Waals surface area contributed by atoms with Gasteiger partial charge in [-0.1, -0.05) is 0 Å². The van der Waals surface area contributed by atoms with Gasteiger partial charge in [0.25, 0.3) is 5.91 Å². The fourth-order valence-corrected chi connectivity index (χ4v) is 1.07. The lowest BCUT2D eigenvalue weighted by Crippen LogP contribution is -2.37. The van der Waals surface area contributed by atoms with Crippen LogP contribution in [-0.4, -0.2) is 30.0 Å². The monoisotopic (exact) mass is 223 g/mol. The number of nitrogens with zero attached hydrogens (tertiary/aromatic N) is 1. The Labute approximate surface area is 92.2 Å². The van der Waals surface area contributed by atoms with Gasteiger partial charge in [-0.25, -0.2) is 4.79 Å². The topological polar surface area (TPSA) is 123 Å². The van der Waals surface area contributed by atoms with Gasteiger partial charge in [-0.3, -0.25) is 9.78 Å². The van der Waals surface area contributed by atoms with E-state index in [1.165, 1.54) is 18.5 Å². The number of carbonyl (C=O) groups is 2. The number of nitrogens with two attached hydrogens (primary N) is 2. The van der Waals surface area contributed by atoms with Gasteiger partial charge in [0.15, 0.2) is 0 Å². The van der Waals surface area contributed by atoms with Gasteiger partial charge in [-0.05, 0) is 6.07 Å². The van der Waals surface area contributed by atoms with E-state index in [1.807, 2.05) is 0 Å². The minimum atomic E-state index is -0.627. The van der Waals surface area contributed by atoms with Gasteiger partial charge in [0.1, 0.15) is 0 Å². The van der Waals surface area contributed by atoms with Gasteiger partial charge in [-0.15, -0.1) is 0 Å². The van der Waals surface area contributed by atoms with E-state index in [2.05, 4.69) is 15.6 Å². The summed E-state index contributed by atoms with van der Waals surface area (Å²) in [6.45, 7) is 0.551. The van der Waals surface area contributed by atoms with E-state index >= 15 is 0 Å². The number of rotatable bonds is 4. The zero-order valence-electron chi connectivity index (χ0n) is 8.56. The summed E-state index contributed by atoms with van der Waals surface area (Å²) < 4.78 is 0. The molecule has 0 aliphatic carbocycles. The normalized spacial score (nSPS) is 9.50. The van der Waals surface area contributed by atoms with Crippen molar-refractivity contribution in [3.63, 3.8) is 0 Å². The minimum absolute atomic E-state index is 0.270. The SMILES string of the molecule is NC(=O)NCCNC(=O)c1ccncc1N. The molecule has 1 rings (SSSR count). The third-order valence-electron chi connectivity index (χ3n) is 1.81. The average Bonchev–Trinajstić information content (AvgIpc) is 2.24. The van der Waals surface area contributed by atoms with Crippen LogP contribution in [0.1, 0.15) is 10.4 Å². The molecule has 0 aliphatic rings. The van der Waals surface area contributed by atoms with Gasteiger partial charge in [0.2, 0.25) is 0 Å². The smallest absolute Gasteiger partial charge is 0.312 e. The Morgan fingerprint density at radius 2 is 2.00 bits per heavy atom. The number of carbonyl (C=O) groups excluding carboxylic acids is 2. The second-order valence-corrected chi connectivity index (χ2v) is 3.01. The van der Waals surface area contributed by atoms with Crippen molar-refractivity contribution in [2.24, 2.45) is 5.73 Å². The van der Waals surface area contributed by atoms with Crippen LogP contribution in [-0.2, 0) is 0 Å². The fourth-order valence-electron chi connectivity index (χ4n) is 1.07. The van der Waals surface area contributed by atoms with Crippen LogP contribution in [0.25, 0.3) is 0 Å². The molecule has 1 aromatic heterocycles. The Morgan fingerprint density at radius 3 is 2.62 bits per heavy atom. The number of aromatic nitrogens is 1. The molecular weight excluding hydrogens is 210 g/mol. The molecule has 7 nitrogen and oxygen atoms in total. The molecule has 86 valence electrons. The number of pyridine rings is 1. The minimum Gasteiger partial charge on any atom is -0.397 e. The number of hydrogen-bond acceptors (Lipinski definition) is 4. The summed E-state index contributed by atoms with van der Waals surface area (Å²) in [4.78, 5) is 25.7. The predicted molar refractivity (Wildman–Crippen MR) is 58.6 cm³/mol. The predicted octanol–water partition coefficient (Wildman–Crippen LogP) is -0.938. The molecule has 0 aromatic carbocycles. The Bertz CT molecular complexity index is 393. The maximum Gasteiger partial charge on any atom is 0.312 e. The molecular formula is C9H13N5O2. The molecule has 6 N–H and O–H groups in total. The second-order valence-electron chi connectivity index (χ2n) is 3.01. The number of urea groups is 1. The first kappa shape index (κ1) is 11.8. The van der Waals surface area contributed by atoms with Crippen LogP contribution in [0.3, 0.4) is 0 Å². The lowest BCUT2D eigenvalue weighted by Gasteiger charge is -2.06. The van der Waals surface area contributed by atoms with Crippen LogP contribution in [0.4, 0.5) is 10.5 Å². The standard InChI is InChI=1S/C9H13N5O2/c10-7-5-12-2-1-6(7)8(15)13-3-4-14-9(11)16/h1-2,5H,3-4,10H2,(H,13,15)(H3,11,14,16). The van der Waals surface area contributed by atoms with Crippen LogP contribution < -0.4 is 22.1 Å². The van der Waals surface area contributed by atoms with E-state index < -0.39 is 6.03 Å². The van der Waals surface area contributed by atoms with Gasteiger partial charge in [0, 0.05) is 19.3 Å². The highest BCUT2D eigenvalue weighted by Crippen LogP contribution is 2.07. The Balaban J connectivity index is 2.41. The average molecular weight is 223 g/mol. The van der Waals surface area contributed by atoms with Crippen LogP contribution in [0.15, 0.2) is 18.5 Å².